The summed E-state index contributed by atoms with van der Waals surface area (Å²) < 4.78 is 0. The van der Waals surface area contributed by atoms with Crippen molar-refractivity contribution in [3.8, 4) is 0 Å². The van der Waals surface area contributed by atoms with E-state index in [1.807, 2.05) is 30.3 Å². The van der Waals surface area contributed by atoms with Gasteiger partial charge in [0.15, 0.2) is 0 Å². The minimum atomic E-state index is -0.926. The number of aromatic carboxylic acids is 1. The zero-order chi connectivity index (χ0) is 13.0. The van der Waals surface area contributed by atoms with Gasteiger partial charge in [-0.25, -0.2) is 4.79 Å². The van der Waals surface area contributed by atoms with E-state index in [-0.39, 0.29) is 5.56 Å². The van der Waals surface area contributed by atoms with Crippen LogP contribution in [0.3, 0.4) is 0 Å². The number of hydrogen-bond acceptors (Lipinski definition) is 2. The standard InChI is InChI=1S/C14H12ClNO2/c15-12-6-4-10(5-7-12)9-16-13-3-1-2-11(8-13)14(17)18/h1-8,16H,9H2,(H,17,18). The molecule has 0 saturated carbocycles. The van der Waals surface area contributed by atoms with Gasteiger partial charge in [-0.2, -0.15) is 0 Å². The zero-order valence-electron chi connectivity index (χ0n) is 9.56. The van der Waals surface area contributed by atoms with E-state index in [1.165, 1.54) is 0 Å². The maximum atomic E-state index is 10.8. The third-order valence-corrected chi connectivity index (χ3v) is 2.77. The van der Waals surface area contributed by atoms with Gasteiger partial charge < -0.3 is 10.4 Å². The van der Waals surface area contributed by atoms with Crippen LogP contribution in [0.15, 0.2) is 48.5 Å². The molecule has 2 aromatic rings. The zero-order valence-corrected chi connectivity index (χ0v) is 10.3. The molecule has 2 aromatic carbocycles. The van der Waals surface area contributed by atoms with Crippen molar-refractivity contribution in [1.29, 1.82) is 0 Å². The van der Waals surface area contributed by atoms with E-state index in [0.29, 0.717) is 11.6 Å². The number of hydrogen-bond donors (Lipinski definition) is 2. The minimum Gasteiger partial charge on any atom is -0.478 e. The van der Waals surface area contributed by atoms with Crippen LogP contribution in [-0.4, -0.2) is 11.1 Å². The van der Waals surface area contributed by atoms with Gasteiger partial charge in [0.2, 0.25) is 0 Å². The largest absolute Gasteiger partial charge is 0.478 e. The van der Waals surface area contributed by atoms with Crippen molar-refractivity contribution in [2.45, 2.75) is 6.54 Å². The molecule has 0 aliphatic carbocycles. The lowest BCUT2D eigenvalue weighted by atomic mass is 10.2. The Morgan fingerprint density at radius 1 is 1.17 bits per heavy atom. The highest BCUT2D eigenvalue weighted by Gasteiger charge is 2.02. The first kappa shape index (κ1) is 12.5. The number of benzene rings is 2. The number of rotatable bonds is 4. The van der Waals surface area contributed by atoms with Crippen molar-refractivity contribution in [3.05, 3.63) is 64.7 Å². The van der Waals surface area contributed by atoms with Crippen LogP contribution in [-0.2, 0) is 6.54 Å². The highest BCUT2D eigenvalue weighted by Crippen LogP contribution is 2.14. The van der Waals surface area contributed by atoms with E-state index in [0.717, 1.165) is 11.3 Å². The van der Waals surface area contributed by atoms with Gasteiger partial charge in [-0.05, 0) is 35.9 Å². The predicted octanol–water partition coefficient (Wildman–Crippen LogP) is 3.65. The Balaban J connectivity index is 2.04. The molecule has 2 N–H and O–H groups in total. The minimum absolute atomic E-state index is 0.274. The normalized spacial score (nSPS) is 10.1. The Morgan fingerprint density at radius 3 is 2.56 bits per heavy atom. The second-order valence-corrected chi connectivity index (χ2v) is 4.30. The first-order valence-electron chi connectivity index (χ1n) is 5.47. The first-order chi connectivity index (χ1) is 8.65. The van der Waals surface area contributed by atoms with Crippen LogP contribution in [0.1, 0.15) is 15.9 Å². The quantitative estimate of drug-likeness (QED) is 0.883. The average molecular weight is 262 g/mol. The summed E-state index contributed by atoms with van der Waals surface area (Å²) in [6.07, 6.45) is 0. The molecule has 0 unspecified atom stereocenters. The van der Waals surface area contributed by atoms with Crippen molar-refractivity contribution in [3.63, 3.8) is 0 Å². The highest BCUT2D eigenvalue weighted by molar-refractivity contribution is 6.30. The second kappa shape index (κ2) is 5.56. The van der Waals surface area contributed by atoms with Gasteiger partial charge in [-0.15, -0.1) is 0 Å². The molecular formula is C14H12ClNO2. The Labute approximate surface area is 110 Å². The maximum Gasteiger partial charge on any atom is 0.335 e. The van der Waals surface area contributed by atoms with Gasteiger partial charge >= 0.3 is 5.97 Å². The van der Waals surface area contributed by atoms with Crippen molar-refractivity contribution in [2.24, 2.45) is 0 Å². The van der Waals surface area contributed by atoms with E-state index in [4.69, 9.17) is 16.7 Å². The van der Waals surface area contributed by atoms with Gasteiger partial charge in [0, 0.05) is 17.3 Å². The monoisotopic (exact) mass is 261 g/mol. The molecule has 0 aliphatic heterocycles. The maximum absolute atomic E-state index is 10.8. The fourth-order valence-corrected chi connectivity index (χ4v) is 1.69. The van der Waals surface area contributed by atoms with Gasteiger partial charge in [0.1, 0.15) is 0 Å². The fourth-order valence-electron chi connectivity index (χ4n) is 1.57. The molecule has 0 radical (unpaired) electrons. The van der Waals surface area contributed by atoms with E-state index < -0.39 is 5.97 Å². The van der Waals surface area contributed by atoms with Gasteiger partial charge in [-0.1, -0.05) is 29.8 Å². The first-order valence-corrected chi connectivity index (χ1v) is 5.84. The summed E-state index contributed by atoms with van der Waals surface area (Å²) in [7, 11) is 0. The summed E-state index contributed by atoms with van der Waals surface area (Å²) in [4.78, 5) is 10.8. The van der Waals surface area contributed by atoms with Crippen LogP contribution in [0.2, 0.25) is 5.02 Å². The summed E-state index contributed by atoms with van der Waals surface area (Å²) in [6.45, 7) is 0.625. The molecule has 0 aromatic heterocycles. The molecule has 0 bridgehead atoms. The molecule has 0 heterocycles. The third-order valence-electron chi connectivity index (χ3n) is 2.52. The Bertz CT molecular complexity index is 552. The van der Waals surface area contributed by atoms with Crippen molar-refractivity contribution in [1.82, 2.24) is 0 Å². The summed E-state index contributed by atoms with van der Waals surface area (Å²) in [5.74, 6) is -0.926. The summed E-state index contributed by atoms with van der Waals surface area (Å²) in [6, 6.07) is 14.2. The number of nitrogens with one attached hydrogen (secondary N) is 1. The molecule has 0 atom stereocenters. The molecule has 4 heteroatoms. The molecule has 0 aliphatic rings. The number of carbonyl (C=O) groups is 1. The van der Waals surface area contributed by atoms with Crippen LogP contribution in [0, 0.1) is 0 Å². The smallest absolute Gasteiger partial charge is 0.335 e. The molecule has 0 saturated heterocycles. The van der Waals surface area contributed by atoms with E-state index in [9.17, 15) is 4.79 Å². The lowest BCUT2D eigenvalue weighted by Crippen LogP contribution is -2.01. The Kier molecular flexibility index (Phi) is 3.85. The van der Waals surface area contributed by atoms with Gasteiger partial charge in [-0.3, -0.25) is 0 Å². The van der Waals surface area contributed by atoms with Crippen LogP contribution >= 0.6 is 11.6 Å². The van der Waals surface area contributed by atoms with E-state index >= 15 is 0 Å². The number of anilines is 1. The lowest BCUT2D eigenvalue weighted by molar-refractivity contribution is 0.0697. The third kappa shape index (κ3) is 3.25. The van der Waals surface area contributed by atoms with Gasteiger partial charge in [0.25, 0.3) is 0 Å². The molecule has 18 heavy (non-hydrogen) atoms. The summed E-state index contributed by atoms with van der Waals surface area (Å²) >= 11 is 5.80. The number of carboxylic acid groups (broad SMARTS) is 1. The summed E-state index contributed by atoms with van der Waals surface area (Å²) in [5, 5.41) is 12.8. The van der Waals surface area contributed by atoms with E-state index in [1.54, 1.807) is 18.2 Å². The van der Waals surface area contributed by atoms with Crippen molar-refractivity contribution in [2.75, 3.05) is 5.32 Å². The Hall–Kier alpha value is -2.00. The molecular weight excluding hydrogens is 250 g/mol. The number of halogens is 1. The lowest BCUT2D eigenvalue weighted by Gasteiger charge is -2.07. The average Bonchev–Trinajstić information content (AvgIpc) is 2.38. The summed E-state index contributed by atoms with van der Waals surface area (Å²) in [5.41, 5.74) is 2.14. The Morgan fingerprint density at radius 2 is 1.89 bits per heavy atom. The molecule has 2 rings (SSSR count). The van der Waals surface area contributed by atoms with Crippen LogP contribution in [0.4, 0.5) is 5.69 Å². The molecule has 92 valence electrons. The fraction of sp³-hybridized carbons (Fsp3) is 0.0714. The van der Waals surface area contributed by atoms with Crippen molar-refractivity contribution < 1.29 is 9.90 Å². The molecule has 3 nitrogen and oxygen atoms in total. The SMILES string of the molecule is O=C(O)c1cccc(NCc2ccc(Cl)cc2)c1. The number of carboxylic acids is 1. The van der Waals surface area contributed by atoms with E-state index in [2.05, 4.69) is 5.32 Å². The second-order valence-electron chi connectivity index (χ2n) is 3.87. The van der Waals surface area contributed by atoms with Crippen LogP contribution in [0.5, 0.6) is 0 Å². The molecule has 0 spiro atoms. The van der Waals surface area contributed by atoms with Gasteiger partial charge in [0.05, 0.1) is 5.56 Å². The predicted molar refractivity (Wildman–Crippen MR) is 72.2 cm³/mol. The van der Waals surface area contributed by atoms with Crippen molar-refractivity contribution >= 4 is 23.3 Å². The van der Waals surface area contributed by atoms with Crippen LogP contribution in [0.25, 0.3) is 0 Å². The van der Waals surface area contributed by atoms with Crippen LogP contribution < -0.4 is 5.32 Å². The molecule has 0 amide bonds. The topological polar surface area (TPSA) is 49.3 Å². The molecule has 0 fully saturated rings. The highest BCUT2D eigenvalue weighted by atomic mass is 35.5.